The quantitative estimate of drug-likeness (QED) is 0.780. The molecule has 1 aromatic carbocycles. The monoisotopic (exact) mass is 284 g/mol. The van der Waals surface area contributed by atoms with Gasteiger partial charge in [0.25, 0.3) is 0 Å². The molecule has 0 radical (unpaired) electrons. The maximum atomic E-state index is 12.6. The Hall–Kier alpha value is -1.23. The molecule has 20 heavy (non-hydrogen) atoms. The van der Waals surface area contributed by atoms with Gasteiger partial charge < -0.3 is 4.90 Å². The fraction of sp³-hybridized carbons (Fsp3) is 0.600. The summed E-state index contributed by atoms with van der Waals surface area (Å²) >= 11 is 0. The summed E-state index contributed by atoms with van der Waals surface area (Å²) in [5.41, 5.74) is 0.338. The van der Waals surface area contributed by atoms with Gasteiger partial charge in [0.2, 0.25) is 0 Å². The molecule has 5 heteroatoms. The van der Waals surface area contributed by atoms with Crippen LogP contribution in [0.3, 0.4) is 0 Å². The lowest BCUT2D eigenvalue weighted by Gasteiger charge is -2.27. The van der Waals surface area contributed by atoms with Gasteiger partial charge in [0, 0.05) is 31.4 Å². The van der Waals surface area contributed by atoms with Gasteiger partial charge in [0.1, 0.15) is 0 Å². The maximum Gasteiger partial charge on any atom is 0.416 e. The minimum atomic E-state index is -4.25. The van der Waals surface area contributed by atoms with E-state index in [4.69, 9.17) is 0 Å². The van der Waals surface area contributed by atoms with E-state index in [0.717, 1.165) is 31.7 Å². The van der Waals surface area contributed by atoms with E-state index in [1.165, 1.54) is 31.5 Å². The number of alkyl halides is 3. The molecule has 1 aromatic rings. The molecule has 0 spiro atoms. The highest BCUT2D eigenvalue weighted by Crippen LogP contribution is 2.31. The predicted octanol–water partition coefficient (Wildman–Crippen LogP) is 3.38. The Morgan fingerprint density at radius 3 is 2.35 bits per heavy atom. The topological polar surface area (TPSA) is 6.48 Å². The summed E-state index contributed by atoms with van der Waals surface area (Å²) in [6.07, 6.45) is -0.722. The second kappa shape index (κ2) is 5.28. The van der Waals surface area contributed by atoms with Crippen LogP contribution in [0.25, 0.3) is 0 Å². The number of fused-ring (bicyclic) bond motifs is 1. The van der Waals surface area contributed by atoms with Crippen LogP contribution < -0.4 is 4.90 Å². The Morgan fingerprint density at radius 2 is 1.65 bits per heavy atom. The molecule has 2 heterocycles. The third kappa shape index (κ3) is 2.77. The molecule has 2 aliphatic rings. The highest BCUT2D eigenvalue weighted by atomic mass is 19.4. The molecule has 1 unspecified atom stereocenters. The predicted molar refractivity (Wildman–Crippen MR) is 72.9 cm³/mol. The van der Waals surface area contributed by atoms with Gasteiger partial charge in [-0.2, -0.15) is 13.2 Å². The molecule has 0 aromatic heterocycles. The number of hydrogen-bond acceptors (Lipinski definition) is 2. The van der Waals surface area contributed by atoms with Crippen LogP contribution in [0.5, 0.6) is 0 Å². The Balaban J connectivity index is 1.75. The van der Waals surface area contributed by atoms with Gasteiger partial charge in [-0.05, 0) is 50.1 Å². The zero-order valence-corrected chi connectivity index (χ0v) is 11.4. The third-order valence-corrected chi connectivity index (χ3v) is 4.36. The van der Waals surface area contributed by atoms with Crippen molar-refractivity contribution in [2.75, 3.05) is 31.1 Å². The second-order valence-electron chi connectivity index (χ2n) is 5.68. The molecule has 0 saturated carbocycles. The van der Waals surface area contributed by atoms with E-state index < -0.39 is 11.7 Å². The molecule has 2 fully saturated rings. The summed E-state index contributed by atoms with van der Waals surface area (Å²) in [4.78, 5) is 4.75. The third-order valence-electron chi connectivity index (χ3n) is 4.36. The van der Waals surface area contributed by atoms with Crippen molar-refractivity contribution in [2.24, 2.45) is 0 Å². The summed E-state index contributed by atoms with van der Waals surface area (Å²) in [6.45, 7) is 4.15. The summed E-state index contributed by atoms with van der Waals surface area (Å²) in [7, 11) is 0. The molecule has 110 valence electrons. The van der Waals surface area contributed by atoms with Gasteiger partial charge >= 0.3 is 6.18 Å². The summed E-state index contributed by atoms with van der Waals surface area (Å²) < 4.78 is 37.7. The number of anilines is 1. The van der Waals surface area contributed by atoms with Crippen molar-refractivity contribution in [3.63, 3.8) is 0 Å². The van der Waals surface area contributed by atoms with E-state index in [0.29, 0.717) is 6.04 Å². The molecule has 0 amide bonds. The Morgan fingerprint density at radius 1 is 0.950 bits per heavy atom. The average Bonchev–Trinajstić information content (AvgIpc) is 2.75. The number of rotatable bonds is 1. The minimum Gasteiger partial charge on any atom is -0.370 e. The van der Waals surface area contributed by atoms with Crippen LogP contribution in [-0.2, 0) is 6.18 Å². The summed E-state index contributed by atoms with van der Waals surface area (Å²) in [5, 5.41) is 0. The maximum absolute atomic E-state index is 12.6. The molecule has 3 rings (SSSR count). The fourth-order valence-electron chi connectivity index (χ4n) is 3.30. The highest BCUT2D eigenvalue weighted by molar-refractivity contribution is 5.48. The van der Waals surface area contributed by atoms with Gasteiger partial charge in [0.05, 0.1) is 5.56 Å². The standard InChI is InChI=1S/C15H19F3N2/c16-15(17,18)12-4-6-13(7-5-12)20-10-2-9-19-8-1-3-14(19)11-20/h4-7,14H,1-3,8-11H2. The van der Waals surface area contributed by atoms with E-state index in [-0.39, 0.29) is 0 Å². The molecule has 2 saturated heterocycles. The summed E-state index contributed by atoms with van der Waals surface area (Å²) in [6, 6.07) is 6.15. The fourth-order valence-corrected chi connectivity index (χ4v) is 3.30. The Bertz CT molecular complexity index is 455. The number of hydrogen-bond donors (Lipinski definition) is 0. The number of halogens is 3. The summed E-state index contributed by atoms with van der Waals surface area (Å²) in [5.74, 6) is 0. The van der Waals surface area contributed by atoms with Gasteiger partial charge in [0.15, 0.2) is 0 Å². The van der Waals surface area contributed by atoms with Crippen molar-refractivity contribution in [2.45, 2.75) is 31.5 Å². The van der Waals surface area contributed by atoms with Crippen LogP contribution in [0.2, 0.25) is 0 Å². The van der Waals surface area contributed by atoms with Gasteiger partial charge in [-0.3, -0.25) is 4.90 Å². The van der Waals surface area contributed by atoms with E-state index in [1.54, 1.807) is 12.1 Å². The Kier molecular flexibility index (Phi) is 3.63. The number of nitrogens with zero attached hydrogens (tertiary/aromatic N) is 2. The van der Waals surface area contributed by atoms with Crippen LogP contribution in [0.15, 0.2) is 24.3 Å². The van der Waals surface area contributed by atoms with Gasteiger partial charge in [-0.15, -0.1) is 0 Å². The molecule has 0 aliphatic carbocycles. The smallest absolute Gasteiger partial charge is 0.370 e. The molecule has 2 aliphatic heterocycles. The number of benzene rings is 1. The first-order valence-corrected chi connectivity index (χ1v) is 7.20. The SMILES string of the molecule is FC(F)(F)c1ccc(N2CCCN3CCCC3C2)cc1. The van der Waals surface area contributed by atoms with Crippen molar-refractivity contribution >= 4 is 5.69 Å². The minimum absolute atomic E-state index is 0.569. The van der Waals surface area contributed by atoms with Crippen molar-refractivity contribution in [3.8, 4) is 0 Å². The van der Waals surface area contributed by atoms with Crippen LogP contribution in [0.1, 0.15) is 24.8 Å². The van der Waals surface area contributed by atoms with Crippen molar-refractivity contribution in [3.05, 3.63) is 29.8 Å². The first-order chi connectivity index (χ1) is 9.54. The van der Waals surface area contributed by atoms with Crippen LogP contribution in [-0.4, -0.2) is 37.1 Å². The molecular formula is C15H19F3N2. The van der Waals surface area contributed by atoms with E-state index >= 15 is 0 Å². The average molecular weight is 284 g/mol. The molecule has 0 N–H and O–H groups in total. The van der Waals surface area contributed by atoms with Crippen LogP contribution >= 0.6 is 0 Å². The highest BCUT2D eigenvalue weighted by Gasteiger charge is 2.31. The first-order valence-electron chi connectivity index (χ1n) is 7.20. The molecule has 1 atom stereocenters. The Labute approximate surface area is 117 Å². The first kappa shape index (κ1) is 13.7. The molecule has 0 bridgehead atoms. The van der Waals surface area contributed by atoms with Crippen molar-refractivity contribution in [1.82, 2.24) is 4.90 Å². The molecule has 2 nitrogen and oxygen atoms in total. The lowest BCUT2D eigenvalue weighted by Crippen LogP contribution is -2.36. The molecular weight excluding hydrogens is 265 g/mol. The lowest BCUT2D eigenvalue weighted by atomic mass is 10.1. The lowest BCUT2D eigenvalue weighted by molar-refractivity contribution is -0.137. The van der Waals surface area contributed by atoms with E-state index in [2.05, 4.69) is 9.80 Å². The second-order valence-corrected chi connectivity index (χ2v) is 5.68. The van der Waals surface area contributed by atoms with Gasteiger partial charge in [-0.1, -0.05) is 0 Å². The zero-order valence-electron chi connectivity index (χ0n) is 11.4. The van der Waals surface area contributed by atoms with Crippen molar-refractivity contribution in [1.29, 1.82) is 0 Å². The van der Waals surface area contributed by atoms with E-state index in [1.807, 2.05) is 0 Å². The van der Waals surface area contributed by atoms with Crippen LogP contribution in [0, 0.1) is 0 Å². The van der Waals surface area contributed by atoms with Gasteiger partial charge in [-0.25, -0.2) is 0 Å². The van der Waals surface area contributed by atoms with Crippen molar-refractivity contribution < 1.29 is 13.2 Å². The largest absolute Gasteiger partial charge is 0.416 e. The normalized spacial score (nSPS) is 24.6. The van der Waals surface area contributed by atoms with E-state index in [9.17, 15) is 13.2 Å². The zero-order chi connectivity index (χ0) is 14.2. The van der Waals surface area contributed by atoms with Crippen LogP contribution in [0.4, 0.5) is 18.9 Å².